The highest BCUT2D eigenvalue weighted by atomic mass is 19.1. The van der Waals surface area contributed by atoms with Crippen LogP contribution in [-0.4, -0.2) is 41.5 Å². The van der Waals surface area contributed by atoms with Crippen LogP contribution in [0.1, 0.15) is 39.7 Å². The van der Waals surface area contributed by atoms with Crippen LogP contribution >= 0.6 is 0 Å². The fourth-order valence-corrected chi connectivity index (χ4v) is 3.17. The number of nitrogens with one attached hydrogen (secondary N) is 2. The molecule has 4 nitrogen and oxygen atoms in total. The predicted octanol–water partition coefficient (Wildman–Crippen LogP) is 2.43. The number of benzene rings is 1. The van der Waals surface area contributed by atoms with Crippen molar-refractivity contribution in [3.05, 3.63) is 35.4 Å². The second-order valence-electron chi connectivity index (χ2n) is 6.98. The molecule has 0 saturated carbocycles. The predicted molar refractivity (Wildman–Crippen MR) is 90.5 cm³/mol. The van der Waals surface area contributed by atoms with E-state index in [0.717, 1.165) is 0 Å². The lowest BCUT2D eigenvalue weighted by Gasteiger charge is -2.27. The van der Waals surface area contributed by atoms with Gasteiger partial charge in [-0.05, 0) is 46.2 Å². The van der Waals surface area contributed by atoms with Crippen LogP contribution in [0.5, 0.6) is 0 Å². The largest absolute Gasteiger partial charge is 0.353 e. The standard InChI is InChI=1S/C18H27F2N3O/c1-11(2)22-18(24)17-8-13(10-23(17)12(3)4)21-9-14-15(19)6-5-7-16(14)20/h5-7,11-13,17,21H,8-10H2,1-4H3,(H,22,24)/t13-,17+/m1/s1. The molecule has 1 aliphatic heterocycles. The first-order valence-corrected chi connectivity index (χ1v) is 8.52. The fourth-order valence-electron chi connectivity index (χ4n) is 3.17. The van der Waals surface area contributed by atoms with Crippen molar-refractivity contribution < 1.29 is 13.6 Å². The van der Waals surface area contributed by atoms with Gasteiger partial charge in [0.2, 0.25) is 5.91 Å². The molecule has 24 heavy (non-hydrogen) atoms. The summed E-state index contributed by atoms with van der Waals surface area (Å²) in [5, 5.41) is 6.15. The summed E-state index contributed by atoms with van der Waals surface area (Å²) in [6, 6.07) is 4.00. The van der Waals surface area contributed by atoms with Crippen LogP contribution in [0.15, 0.2) is 18.2 Å². The zero-order valence-corrected chi connectivity index (χ0v) is 14.8. The Bertz CT molecular complexity index is 557. The molecule has 1 fully saturated rings. The van der Waals surface area contributed by atoms with E-state index in [4.69, 9.17) is 0 Å². The van der Waals surface area contributed by atoms with Crippen LogP contribution in [0.4, 0.5) is 8.78 Å². The highest BCUT2D eigenvalue weighted by Gasteiger charge is 2.38. The molecule has 1 aromatic carbocycles. The number of carbonyl (C=O) groups is 1. The summed E-state index contributed by atoms with van der Waals surface area (Å²) >= 11 is 0. The molecule has 2 N–H and O–H groups in total. The molecule has 0 radical (unpaired) electrons. The molecule has 1 aromatic rings. The number of likely N-dealkylation sites (tertiary alicyclic amines) is 1. The summed E-state index contributed by atoms with van der Waals surface area (Å²) in [5.74, 6) is -1.08. The van der Waals surface area contributed by atoms with Crippen LogP contribution in [0.25, 0.3) is 0 Å². The van der Waals surface area contributed by atoms with Gasteiger partial charge in [0.05, 0.1) is 6.04 Å². The second-order valence-corrected chi connectivity index (χ2v) is 6.98. The Morgan fingerprint density at radius 1 is 1.25 bits per heavy atom. The molecule has 1 saturated heterocycles. The van der Waals surface area contributed by atoms with E-state index in [1.165, 1.54) is 18.2 Å². The maximum atomic E-state index is 13.7. The first kappa shape index (κ1) is 18.8. The van der Waals surface area contributed by atoms with Crippen LogP contribution in [0.3, 0.4) is 0 Å². The van der Waals surface area contributed by atoms with E-state index in [2.05, 4.69) is 29.4 Å². The third kappa shape index (κ3) is 4.51. The Labute approximate surface area is 142 Å². The molecule has 6 heteroatoms. The summed E-state index contributed by atoms with van der Waals surface area (Å²) in [7, 11) is 0. The van der Waals surface area contributed by atoms with Crippen molar-refractivity contribution in [3.63, 3.8) is 0 Å². The normalized spacial score (nSPS) is 21.7. The molecule has 1 aliphatic rings. The van der Waals surface area contributed by atoms with Crippen LogP contribution in [-0.2, 0) is 11.3 Å². The summed E-state index contributed by atoms with van der Waals surface area (Å²) in [5.41, 5.74) is 0.0451. The lowest BCUT2D eigenvalue weighted by Crippen LogP contribution is -2.47. The topological polar surface area (TPSA) is 44.4 Å². The molecule has 0 unspecified atom stereocenters. The fraction of sp³-hybridized carbons (Fsp3) is 0.611. The van der Waals surface area contributed by atoms with Crippen molar-refractivity contribution in [2.75, 3.05) is 6.54 Å². The zero-order chi connectivity index (χ0) is 17.9. The Kier molecular flexibility index (Phi) is 6.29. The third-order valence-corrected chi connectivity index (χ3v) is 4.37. The van der Waals surface area contributed by atoms with Gasteiger partial charge in [-0.1, -0.05) is 6.07 Å². The van der Waals surface area contributed by atoms with Crippen molar-refractivity contribution in [1.29, 1.82) is 0 Å². The van der Waals surface area contributed by atoms with Crippen molar-refractivity contribution in [2.24, 2.45) is 0 Å². The second kappa shape index (κ2) is 8.03. The van der Waals surface area contributed by atoms with E-state index in [1.54, 1.807) is 0 Å². The summed E-state index contributed by atoms with van der Waals surface area (Å²) in [4.78, 5) is 14.5. The van der Waals surface area contributed by atoms with Crippen molar-refractivity contribution in [2.45, 2.75) is 64.8 Å². The lowest BCUT2D eigenvalue weighted by atomic mass is 10.1. The summed E-state index contributed by atoms with van der Waals surface area (Å²) < 4.78 is 27.4. The van der Waals surface area contributed by atoms with Gasteiger partial charge in [-0.2, -0.15) is 0 Å². The minimum atomic E-state index is -0.546. The molecule has 2 rings (SSSR count). The molecule has 1 amide bonds. The number of carbonyl (C=O) groups excluding carboxylic acids is 1. The third-order valence-electron chi connectivity index (χ3n) is 4.37. The Morgan fingerprint density at radius 3 is 2.42 bits per heavy atom. The average molecular weight is 339 g/mol. The molecular weight excluding hydrogens is 312 g/mol. The van der Waals surface area contributed by atoms with E-state index < -0.39 is 11.6 Å². The van der Waals surface area contributed by atoms with Gasteiger partial charge in [0.25, 0.3) is 0 Å². The van der Waals surface area contributed by atoms with Crippen LogP contribution in [0, 0.1) is 11.6 Å². The van der Waals surface area contributed by atoms with Gasteiger partial charge in [-0.15, -0.1) is 0 Å². The smallest absolute Gasteiger partial charge is 0.237 e. The SMILES string of the molecule is CC(C)NC(=O)[C@@H]1C[C@@H](NCc2c(F)cccc2F)CN1C(C)C. The maximum absolute atomic E-state index is 13.7. The minimum absolute atomic E-state index is 0.0140. The van der Waals surface area contributed by atoms with Gasteiger partial charge >= 0.3 is 0 Å². The first-order valence-electron chi connectivity index (χ1n) is 8.52. The molecule has 134 valence electrons. The molecule has 0 aromatic heterocycles. The number of rotatable bonds is 6. The van der Waals surface area contributed by atoms with Crippen molar-refractivity contribution in [1.82, 2.24) is 15.5 Å². The van der Waals surface area contributed by atoms with E-state index in [1.807, 2.05) is 13.8 Å². The molecule has 0 aliphatic carbocycles. The Morgan fingerprint density at radius 2 is 1.88 bits per heavy atom. The molecule has 0 spiro atoms. The van der Waals surface area contributed by atoms with E-state index in [9.17, 15) is 13.6 Å². The Hall–Kier alpha value is -1.53. The van der Waals surface area contributed by atoms with Gasteiger partial charge in [0.15, 0.2) is 0 Å². The van der Waals surface area contributed by atoms with E-state index in [-0.39, 0.29) is 42.2 Å². The highest BCUT2D eigenvalue weighted by Crippen LogP contribution is 2.22. The summed E-state index contributed by atoms with van der Waals surface area (Å²) in [6.45, 7) is 8.77. The number of hydrogen-bond donors (Lipinski definition) is 2. The van der Waals surface area contributed by atoms with Crippen LogP contribution in [0.2, 0.25) is 0 Å². The molecular formula is C18H27F2N3O. The quantitative estimate of drug-likeness (QED) is 0.837. The van der Waals surface area contributed by atoms with Gasteiger partial charge in [0.1, 0.15) is 11.6 Å². The number of halogens is 2. The van der Waals surface area contributed by atoms with Crippen molar-refractivity contribution >= 4 is 5.91 Å². The number of hydrogen-bond acceptors (Lipinski definition) is 3. The van der Waals surface area contributed by atoms with Gasteiger partial charge < -0.3 is 10.6 Å². The van der Waals surface area contributed by atoms with Gasteiger partial charge in [0, 0.05) is 36.8 Å². The zero-order valence-electron chi connectivity index (χ0n) is 14.8. The molecule has 1 heterocycles. The number of nitrogens with zero attached hydrogens (tertiary/aromatic N) is 1. The molecule has 2 atom stereocenters. The van der Waals surface area contributed by atoms with Crippen molar-refractivity contribution in [3.8, 4) is 0 Å². The van der Waals surface area contributed by atoms with Gasteiger partial charge in [-0.3, -0.25) is 9.69 Å². The summed E-state index contributed by atoms with van der Waals surface area (Å²) in [6.07, 6.45) is 0.632. The number of amides is 1. The average Bonchev–Trinajstić information content (AvgIpc) is 2.90. The highest BCUT2D eigenvalue weighted by molar-refractivity contribution is 5.82. The van der Waals surface area contributed by atoms with E-state index in [0.29, 0.717) is 13.0 Å². The van der Waals surface area contributed by atoms with E-state index >= 15 is 0 Å². The maximum Gasteiger partial charge on any atom is 0.237 e. The Balaban J connectivity index is 2.01. The molecule has 0 bridgehead atoms. The van der Waals surface area contributed by atoms with Gasteiger partial charge in [-0.25, -0.2) is 8.78 Å². The first-order chi connectivity index (χ1) is 11.3. The van der Waals surface area contributed by atoms with Crippen LogP contribution < -0.4 is 10.6 Å². The monoisotopic (exact) mass is 339 g/mol. The minimum Gasteiger partial charge on any atom is -0.353 e. The lowest BCUT2D eigenvalue weighted by molar-refractivity contribution is -0.126.